The minimum atomic E-state index is 0.0159. The largest absolute Gasteiger partial charge is 0.486 e. The summed E-state index contributed by atoms with van der Waals surface area (Å²) in [7, 11) is 0. The Balaban J connectivity index is 1.25. The Morgan fingerprint density at radius 2 is 1.75 bits per heavy atom. The number of likely N-dealkylation sites (tertiary alicyclic amines) is 1. The van der Waals surface area contributed by atoms with Gasteiger partial charge in [0, 0.05) is 31.7 Å². The number of nitrogens with zero attached hydrogens (tertiary/aromatic N) is 3. The van der Waals surface area contributed by atoms with Gasteiger partial charge in [0.1, 0.15) is 12.7 Å². The molecular formula is C26H33N3O3. The van der Waals surface area contributed by atoms with E-state index in [9.17, 15) is 4.79 Å². The van der Waals surface area contributed by atoms with Gasteiger partial charge in [-0.1, -0.05) is 42.5 Å². The van der Waals surface area contributed by atoms with Crippen LogP contribution in [0.15, 0.2) is 54.6 Å². The first-order chi connectivity index (χ1) is 15.6. The molecular weight excluding hydrogens is 402 g/mol. The molecule has 6 nitrogen and oxygen atoms in total. The fraction of sp³-hybridized carbons (Fsp3) is 0.500. The van der Waals surface area contributed by atoms with E-state index < -0.39 is 0 Å². The summed E-state index contributed by atoms with van der Waals surface area (Å²) in [5, 5.41) is 0. The van der Waals surface area contributed by atoms with Crippen LogP contribution in [0.2, 0.25) is 0 Å². The second-order valence-electron chi connectivity index (χ2n) is 9.42. The molecule has 5 rings (SSSR count). The van der Waals surface area contributed by atoms with E-state index in [1.807, 2.05) is 30.3 Å². The normalized spacial score (nSPS) is 26.1. The standard InChI is InChI=1S/C26H33N3O3/c1-19(2)29-23(20-9-4-3-5-10-20)17-28(26(29)30)21-11-8-14-27(15-21)16-22-18-31-24-12-6-7-13-25(24)32-22/h3-7,9-10,12-13,19,21-23H,8,11,14-18H2,1-2H3. The van der Waals surface area contributed by atoms with Crippen LogP contribution in [0.3, 0.4) is 0 Å². The first-order valence-corrected chi connectivity index (χ1v) is 11.8. The first-order valence-electron chi connectivity index (χ1n) is 11.8. The van der Waals surface area contributed by atoms with Gasteiger partial charge in [0.15, 0.2) is 11.5 Å². The van der Waals surface area contributed by atoms with Crippen molar-refractivity contribution in [1.82, 2.24) is 14.7 Å². The van der Waals surface area contributed by atoms with E-state index in [1.165, 1.54) is 5.56 Å². The van der Waals surface area contributed by atoms with Gasteiger partial charge >= 0.3 is 6.03 Å². The van der Waals surface area contributed by atoms with Gasteiger partial charge in [-0.25, -0.2) is 4.79 Å². The van der Waals surface area contributed by atoms with Crippen molar-refractivity contribution in [3.8, 4) is 11.5 Å². The summed E-state index contributed by atoms with van der Waals surface area (Å²) in [6.45, 7) is 8.30. The van der Waals surface area contributed by atoms with E-state index in [4.69, 9.17) is 9.47 Å². The predicted octanol–water partition coefficient (Wildman–Crippen LogP) is 4.18. The number of rotatable bonds is 5. The fourth-order valence-electron chi connectivity index (χ4n) is 5.35. The second-order valence-corrected chi connectivity index (χ2v) is 9.42. The van der Waals surface area contributed by atoms with E-state index in [1.54, 1.807) is 0 Å². The fourth-order valence-corrected chi connectivity index (χ4v) is 5.35. The van der Waals surface area contributed by atoms with E-state index >= 15 is 0 Å². The van der Waals surface area contributed by atoms with Crippen molar-refractivity contribution in [2.75, 3.05) is 32.8 Å². The van der Waals surface area contributed by atoms with Gasteiger partial charge in [0.2, 0.25) is 0 Å². The Hall–Kier alpha value is -2.73. The highest BCUT2D eigenvalue weighted by atomic mass is 16.6. The summed E-state index contributed by atoms with van der Waals surface area (Å²) in [5.41, 5.74) is 1.22. The molecule has 3 heterocycles. The molecule has 32 heavy (non-hydrogen) atoms. The third kappa shape index (κ3) is 4.16. The number of amides is 2. The maximum absolute atomic E-state index is 13.5. The van der Waals surface area contributed by atoms with Crippen LogP contribution >= 0.6 is 0 Å². The molecule has 0 aliphatic carbocycles. The lowest BCUT2D eigenvalue weighted by atomic mass is 10.0. The monoisotopic (exact) mass is 435 g/mol. The van der Waals surface area contributed by atoms with Crippen LogP contribution in [0.1, 0.15) is 38.3 Å². The number of benzene rings is 2. The average molecular weight is 436 g/mol. The first kappa shape index (κ1) is 21.1. The van der Waals surface area contributed by atoms with Crippen molar-refractivity contribution in [3.63, 3.8) is 0 Å². The molecule has 0 radical (unpaired) electrons. The maximum atomic E-state index is 13.5. The Bertz CT molecular complexity index is 935. The lowest BCUT2D eigenvalue weighted by Crippen LogP contribution is -2.52. The Labute approximate surface area is 190 Å². The minimum Gasteiger partial charge on any atom is -0.486 e. The predicted molar refractivity (Wildman–Crippen MR) is 124 cm³/mol. The summed E-state index contributed by atoms with van der Waals surface area (Å²) in [5.74, 6) is 1.65. The molecule has 0 aromatic heterocycles. The highest BCUT2D eigenvalue weighted by Crippen LogP contribution is 2.35. The van der Waals surface area contributed by atoms with Crippen molar-refractivity contribution in [2.24, 2.45) is 0 Å². The maximum Gasteiger partial charge on any atom is 0.321 e. The van der Waals surface area contributed by atoms with E-state index in [0.29, 0.717) is 6.61 Å². The van der Waals surface area contributed by atoms with E-state index in [2.05, 4.69) is 52.8 Å². The van der Waals surface area contributed by atoms with Crippen molar-refractivity contribution >= 4 is 6.03 Å². The van der Waals surface area contributed by atoms with Gasteiger partial charge in [-0.2, -0.15) is 0 Å². The number of urea groups is 1. The van der Waals surface area contributed by atoms with Crippen LogP contribution in [-0.4, -0.2) is 71.7 Å². The molecule has 3 unspecified atom stereocenters. The van der Waals surface area contributed by atoms with Crippen molar-refractivity contribution < 1.29 is 14.3 Å². The van der Waals surface area contributed by atoms with E-state index in [-0.39, 0.29) is 30.3 Å². The molecule has 3 aliphatic rings. The summed E-state index contributed by atoms with van der Waals surface area (Å²) in [6, 6.07) is 19.0. The molecule has 3 atom stereocenters. The number of ether oxygens (including phenoxy) is 2. The molecule has 0 bridgehead atoms. The minimum absolute atomic E-state index is 0.0159. The number of carbonyl (C=O) groups excluding carboxylic acids is 1. The average Bonchev–Trinajstić information content (AvgIpc) is 3.17. The summed E-state index contributed by atoms with van der Waals surface area (Å²) < 4.78 is 12.1. The Morgan fingerprint density at radius 1 is 1.00 bits per heavy atom. The van der Waals surface area contributed by atoms with Gasteiger partial charge in [-0.15, -0.1) is 0 Å². The van der Waals surface area contributed by atoms with E-state index in [0.717, 1.165) is 50.5 Å². The molecule has 0 saturated carbocycles. The third-order valence-corrected chi connectivity index (χ3v) is 6.86. The lowest BCUT2D eigenvalue weighted by molar-refractivity contribution is 0.0398. The molecule has 2 amide bonds. The van der Waals surface area contributed by atoms with Crippen LogP contribution in [0.5, 0.6) is 11.5 Å². The molecule has 170 valence electrons. The number of fused-ring (bicyclic) bond motifs is 1. The van der Waals surface area contributed by atoms with Crippen molar-refractivity contribution in [2.45, 2.75) is 50.9 Å². The molecule has 0 spiro atoms. The smallest absolute Gasteiger partial charge is 0.321 e. The van der Waals surface area contributed by atoms with Crippen LogP contribution < -0.4 is 9.47 Å². The zero-order valence-electron chi connectivity index (χ0n) is 19.0. The number of hydrogen-bond acceptors (Lipinski definition) is 4. The number of piperidine rings is 1. The van der Waals surface area contributed by atoms with Crippen molar-refractivity contribution in [1.29, 1.82) is 0 Å². The SMILES string of the molecule is CC(C)N1C(=O)N(C2CCCN(CC3COc4ccccc4O3)C2)CC1c1ccccc1. The molecule has 2 aromatic carbocycles. The Kier molecular flexibility index (Phi) is 5.96. The number of para-hydroxylation sites is 2. The van der Waals surface area contributed by atoms with Crippen LogP contribution in [-0.2, 0) is 0 Å². The molecule has 2 saturated heterocycles. The van der Waals surface area contributed by atoms with Crippen molar-refractivity contribution in [3.05, 3.63) is 60.2 Å². The van der Waals surface area contributed by atoms with Crippen LogP contribution in [0, 0.1) is 0 Å². The third-order valence-electron chi connectivity index (χ3n) is 6.86. The zero-order valence-corrected chi connectivity index (χ0v) is 19.0. The van der Waals surface area contributed by atoms with Gasteiger partial charge in [-0.05, 0) is 50.9 Å². The Morgan fingerprint density at radius 3 is 2.53 bits per heavy atom. The number of carbonyl (C=O) groups is 1. The summed E-state index contributed by atoms with van der Waals surface area (Å²) in [6.07, 6.45) is 2.17. The van der Waals surface area contributed by atoms with Gasteiger partial charge in [0.25, 0.3) is 0 Å². The number of hydrogen-bond donors (Lipinski definition) is 0. The van der Waals surface area contributed by atoms with Crippen LogP contribution in [0.4, 0.5) is 4.79 Å². The summed E-state index contributed by atoms with van der Waals surface area (Å²) >= 11 is 0. The topological polar surface area (TPSA) is 45.3 Å². The quantitative estimate of drug-likeness (QED) is 0.707. The highest BCUT2D eigenvalue weighted by molar-refractivity contribution is 5.78. The lowest BCUT2D eigenvalue weighted by Gasteiger charge is -2.39. The molecule has 3 aliphatic heterocycles. The molecule has 2 fully saturated rings. The molecule has 0 N–H and O–H groups in total. The molecule has 2 aromatic rings. The molecule has 6 heteroatoms. The zero-order chi connectivity index (χ0) is 22.1. The van der Waals surface area contributed by atoms with Crippen LogP contribution in [0.25, 0.3) is 0 Å². The van der Waals surface area contributed by atoms with Gasteiger partial charge in [0.05, 0.1) is 6.04 Å². The van der Waals surface area contributed by atoms with Gasteiger partial charge in [-0.3, -0.25) is 4.90 Å². The summed E-state index contributed by atoms with van der Waals surface area (Å²) in [4.78, 5) is 20.1. The highest BCUT2D eigenvalue weighted by Gasteiger charge is 2.43. The second kappa shape index (κ2) is 9.02. The van der Waals surface area contributed by atoms with Gasteiger partial charge < -0.3 is 19.3 Å².